The Morgan fingerprint density at radius 1 is 1.14 bits per heavy atom. The molecule has 2 fully saturated rings. The number of halogens is 1. The van der Waals surface area contributed by atoms with Crippen LogP contribution in [-0.2, 0) is 10.0 Å². The lowest BCUT2D eigenvalue weighted by Gasteiger charge is -2.16. The zero-order chi connectivity index (χ0) is 24.3. The van der Waals surface area contributed by atoms with Crippen molar-refractivity contribution >= 4 is 26.7 Å². The standard InChI is InChI=1S/C25H22FN3O5S/c1-33-23-12-19(18-11-17(18)14-2-3-14)20(26)13-22(23)29-21-6-5-16(10-15(21)4-7-25(29)30)35(31,32)28-24-8-9-34-27-24/h4-10,12-14,17-18H,2-3,11H2,1H3,(H,27,28)/t17-,18-/m0/s1. The first-order valence-corrected chi connectivity index (χ1v) is 12.8. The molecule has 2 aliphatic rings. The lowest BCUT2D eigenvalue weighted by molar-refractivity contribution is 0.410. The van der Waals surface area contributed by atoms with Gasteiger partial charge in [0.15, 0.2) is 5.82 Å². The Balaban J connectivity index is 1.43. The number of rotatable bonds is 7. The SMILES string of the molecule is COc1cc([C@H]2C[C@H]2C2CC2)c(F)cc1-n1c(=O)ccc2cc(S(=O)(=O)Nc3ccon3)ccc21. The lowest BCUT2D eigenvalue weighted by atomic mass is 10.0. The largest absolute Gasteiger partial charge is 0.495 e. The minimum Gasteiger partial charge on any atom is -0.495 e. The lowest BCUT2D eigenvalue weighted by Crippen LogP contribution is -2.19. The first-order chi connectivity index (χ1) is 16.9. The summed E-state index contributed by atoms with van der Waals surface area (Å²) in [5.41, 5.74) is 0.930. The van der Waals surface area contributed by atoms with Crippen molar-refractivity contribution in [1.29, 1.82) is 0 Å². The van der Waals surface area contributed by atoms with E-state index in [4.69, 9.17) is 4.74 Å². The van der Waals surface area contributed by atoms with Gasteiger partial charge in [0.25, 0.3) is 15.6 Å². The van der Waals surface area contributed by atoms with Crippen LogP contribution in [0.5, 0.6) is 5.75 Å². The van der Waals surface area contributed by atoms with Crippen molar-refractivity contribution in [3.05, 3.63) is 76.5 Å². The van der Waals surface area contributed by atoms with Crippen molar-refractivity contribution in [2.75, 3.05) is 11.8 Å². The van der Waals surface area contributed by atoms with Gasteiger partial charge in [0.1, 0.15) is 17.8 Å². The van der Waals surface area contributed by atoms with Crippen LogP contribution in [0.4, 0.5) is 10.2 Å². The van der Waals surface area contributed by atoms with E-state index in [1.54, 1.807) is 6.07 Å². The Bertz CT molecular complexity index is 1610. The van der Waals surface area contributed by atoms with Gasteiger partial charge in [0.2, 0.25) is 0 Å². The van der Waals surface area contributed by atoms with Crippen molar-refractivity contribution in [2.45, 2.75) is 30.1 Å². The molecule has 0 saturated heterocycles. The fourth-order valence-corrected chi connectivity index (χ4v) is 5.93. The van der Waals surface area contributed by atoms with E-state index < -0.39 is 10.0 Å². The summed E-state index contributed by atoms with van der Waals surface area (Å²) in [5.74, 6) is 1.51. The third-order valence-electron chi connectivity index (χ3n) is 6.86. The Labute approximate surface area is 200 Å². The summed E-state index contributed by atoms with van der Waals surface area (Å²) in [6.07, 6.45) is 4.67. The van der Waals surface area contributed by atoms with Crippen molar-refractivity contribution in [1.82, 2.24) is 9.72 Å². The highest BCUT2D eigenvalue weighted by Gasteiger charge is 2.49. The number of fused-ring (bicyclic) bond motifs is 1. The van der Waals surface area contributed by atoms with Crippen LogP contribution >= 0.6 is 0 Å². The van der Waals surface area contributed by atoms with E-state index in [2.05, 4.69) is 14.4 Å². The molecule has 2 heterocycles. The highest BCUT2D eigenvalue weighted by Crippen LogP contribution is 2.60. The van der Waals surface area contributed by atoms with Crippen LogP contribution < -0.4 is 15.0 Å². The van der Waals surface area contributed by atoms with Gasteiger partial charge in [-0.3, -0.25) is 14.1 Å². The summed E-state index contributed by atoms with van der Waals surface area (Å²) in [6, 6.07) is 11.6. The van der Waals surface area contributed by atoms with Gasteiger partial charge in [0.05, 0.1) is 23.2 Å². The second-order valence-electron chi connectivity index (χ2n) is 9.11. The number of aromatic nitrogens is 2. The topological polar surface area (TPSA) is 103 Å². The zero-order valence-corrected chi connectivity index (χ0v) is 19.6. The molecule has 0 radical (unpaired) electrons. The smallest absolute Gasteiger partial charge is 0.263 e. The first kappa shape index (κ1) is 21.8. The minimum absolute atomic E-state index is 0.0217. The fraction of sp³-hybridized carbons (Fsp3) is 0.280. The van der Waals surface area contributed by atoms with E-state index in [1.165, 1.54) is 73.2 Å². The number of ether oxygens (including phenoxy) is 1. The van der Waals surface area contributed by atoms with Gasteiger partial charge in [0, 0.05) is 23.6 Å². The van der Waals surface area contributed by atoms with Gasteiger partial charge in [-0.2, -0.15) is 0 Å². The van der Waals surface area contributed by atoms with Crippen LogP contribution in [0.1, 0.15) is 30.7 Å². The third-order valence-corrected chi connectivity index (χ3v) is 8.21. The average molecular weight is 496 g/mol. The molecule has 2 atom stereocenters. The molecule has 2 aromatic carbocycles. The van der Waals surface area contributed by atoms with Gasteiger partial charge < -0.3 is 9.26 Å². The summed E-state index contributed by atoms with van der Waals surface area (Å²) in [7, 11) is -2.45. The summed E-state index contributed by atoms with van der Waals surface area (Å²) in [5, 5.41) is 4.04. The molecule has 0 unspecified atom stereocenters. The van der Waals surface area contributed by atoms with Crippen LogP contribution in [0.25, 0.3) is 16.6 Å². The zero-order valence-electron chi connectivity index (χ0n) is 18.8. The predicted octanol–water partition coefficient (Wildman–Crippen LogP) is 4.44. The summed E-state index contributed by atoms with van der Waals surface area (Å²) in [6.45, 7) is 0. The normalized spacial score (nSPS) is 19.6. The molecular formula is C25H22FN3O5S. The molecular weight excluding hydrogens is 473 g/mol. The molecule has 4 aromatic rings. The molecule has 0 aliphatic heterocycles. The van der Waals surface area contributed by atoms with Gasteiger partial charge >= 0.3 is 0 Å². The van der Waals surface area contributed by atoms with E-state index in [-0.39, 0.29) is 33.7 Å². The molecule has 1 N–H and O–H groups in total. The van der Waals surface area contributed by atoms with Crippen molar-refractivity contribution in [3.63, 3.8) is 0 Å². The number of anilines is 1. The maximum Gasteiger partial charge on any atom is 0.263 e. The Morgan fingerprint density at radius 2 is 1.97 bits per heavy atom. The molecule has 2 saturated carbocycles. The Kier molecular flexibility index (Phi) is 4.96. The van der Waals surface area contributed by atoms with Crippen LogP contribution in [-0.4, -0.2) is 25.3 Å². The second-order valence-corrected chi connectivity index (χ2v) is 10.8. The van der Waals surface area contributed by atoms with Crippen molar-refractivity contribution in [3.8, 4) is 11.4 Å². The summed E-state index contributed by atoms with van der Waals surface area (Å²) in [4.78, 5) is 12.9. The number of methoxy groups -OCH3 is 1. The van der Waals surface area contributed by atoms with Crippen LogP contribution in [0, 0.1) is 17.7 Å². The third kappa shape index (κ3) is 3.87. The highest BCUT2D eigenvalue weighted by atomic mass is 32.2. The van der Waals surface area contributed by atoms with Crippen molar-refractivity contribution < 1.29 is 22.1 Å². The fourth-order valence-electron chi connectivity index (χ4n) is 4.90. The highest BCUT2D eigenvalue weighted by molar-refractivity contribution is 7.92. The van der Waals surface area contributed by atoms with Crippen molar-refractivity contribution in [2.24, 2.45) is 11.8 Å². The molecule has 35 heavy (non-hydrogen) atoms. The molecule has 0 bridgehead atoms. The van der Waals surface area contributed by atoms with Gasteiger partial charge in [-0.15, -0.1) is 0 Å². The number of benzene rings is 2. The number of sulfonamides is 1. The average Bonchev–Trinajstić information content (AvgIpc) is 3.76. The summed E-state index contributed by atoms with van der Waals surface area (Å²) < 4.78 is 54.7. The number of hydrogen-bond acceptors (Lipinski definition) is 6. The van der Waals surface area contributed by atoms with E-state index in [9.17, 15) is 13.2 Å². The number of pyridine rings is 1. The van der Waals surface area contributed by atoms with Gasteiger partial charge in [-0.05, 0) is 72.9 Å². The minimum atomic E-state index is -3.94. The molecule has 0 spiro atoms. The first-order valence-electron chi connectivity index (χ1n) is 11.3. The van der Waals surface area contributed by atoms with Crippen LogP contribution in [0.2, 0.25) is 0 Å². The molecule has 6 rings (SSSR count). The quantitative estimate of drug-likeness (QED) is 0.407. The van der Waals surface area contributed by atoms with Crippen LogP contribution in [0.3, 0.4) is 0 Å². The number of nitrogens with zero attached hydrogens (tertiary/aromatic N) is 2. The van der Waals surface area contributed by atoms with E-state index >= 15 is 4.39 Å². The van der Waals surface area contributed by atoms with Gasteiger partial charge in [-0.1, -0.05) is 5.16 Å². The molecule has 0 amide bonds. The summed E-state index contributed by atoms with van der Waals surface area (Å²) >= 11 is 0. The number of hydrogen-bond donors (Lipinski definition) is 1. The van der Waals surface area contributed by atoms with Crippen LogP contribution in [0.15, 0.2) is 69.0 Å². The van der Waals surface area contributed by atoms with Gasteiger partial charge in [-0.25, -0.2) is 12.8 Å². The number of nitrogens with one attached hydrogen (secondary N) is 1. The van der Waals surface area contributed by atoms with E-state index in [0.29, 0.717) is 34.1 Å². The van der Waals surface area contributed by atoms with E-state index in [0.717, 1.165) is 6.42 Å². The second kappa shape index (κ2) is 7.94. The monoisotopic (exact) mass is 495 g/mol. The van der Waals surface area contributed by atoms with E-state index in [1.807, 2.05) is 0 Å². The maximum atomic E-state index is 15.3. The molecule has 2 aliphatic carbocycles. The molecule has 8 nitrogen and oxygen atoms in total. The molecule has 10 heteroatoms. The Hall–Kier alpha value is -3.66. The predicted molar refractivity (Wildman–Crippen MR) is 127 cm³/mol. The maximum absolute atomic E-state index is 15.3. The molecule has 180 valence electrons. The molecule has 2 aromatic heterocycles. The Morgan fingerprint density at radius 3 is 2.69 bits per heavy atom.